The van der Waals surface area contributed by atoms with Gasteiger partial charge in [0.15, 0.2) is 6.61 Å². The number of likely N-dealkylation sites (tertiary alicyclic amines) is 1. The Morgan fingerprint density at radius 2 is 2.45 bits per heavy atom. The molecule has 2 atom stereocenters. The molecular formula is C16H22N2O4. The first-order valence-corrected chi connectivity index (χ1v) is 7.71. The van der Waals surface area contributed by atoms with Crippen LogP contribution in [-0.2, 0) is 14.3 Å². The van der Waals surface area contributed by atoms with Crippen molar-refractivity contribution in [2.45, 2.75) is 31.0 Å². The van der Waals surface area contributed by atoms with Crippen molar-refractivity contribution >= 4 is 5.91 Å². The standard InChI is InChI=1S/C16H22N2O4/c1-20-14-11-18(8-6-16(14)5-3-9-22-16)15(19)12-21-13-4-2-7-17-10-13/h2,4,7,10,14H,3,5-6,8-9,11-12H2,1H3/t14-,16-/m0/s1. The molecule has 2 saturated heterocycles. The number of hydrogen-bond acceptors (Lipinski definition) is 5. The zero-order valence-electron chi connectivity index (χ0n) is 12.9. The second kappa shape index (κ2) is 6.62. The summed E-state index contributed by atoms with van der Waals surface area (Å²) in [6.45, 7) is 2.06. The summed E-state index contributed by atoms with van der Waals surface area (Å²) < 4.78 is 17.0. The Balaban J connectivity index is 1.55. The van der Waals surface area contributed by atoms with Gasteiger partial charge in [-0.05, 0) is 31.4 Å². The first-order chi connectivity index (χ1) is 10.7. The van der Waals surface area contributed by atoms with Gasteiger partial charge in [-0.15, -0.1) is 0 Å². The number of rotatable bonds is 4. The van der Waals surface area contributed by atoms with Crippen LogP contribution in [0.4, 0.5) is 0 Å². The molecule has 0 aromatic carbocycles. The summed E-state index contributed by atoms with van der Waals surface area (Å²) in [4.78, 5) is 18.1. The van der Waals surface area contributed by atoms with Crippen molar-refractivity contribution in [1.82, 2.24) is 9.88 Å². The lowest BCUT2D eigenvalue weighted by Crippen LogP contribution is -2.57. The van der Waals surface area contributed by atoms with Gasteiger partial charge in [-0.25, -0.2) is 0 Å². The fraction of sp³-hybridized carbons (Fsp3) is 0.625. The van der Waals surface area contributed by atoms with Crippen molar-refractivity contribution in [3.63, 3.8) is 0 Å². The topological polar surface area (TPSA) is 60.9 Å². The number of carbonyl (C=O) groups excluding carboxylic acids is 1. The highest BCUT2D eigenvalue weighted by Crippen LogP contribution is 2.37. The van der Waals surface area contributed by atoms with Crippen LogP contribution in [0.15, 0.2) is 24.5 Å². The molecule has 0 radical (unpaired) electrons. The van der Waals surface area contributed by atoms with Crippen LogP contribution in [0.25, 0.3) is 0 Å². The number of ether oxygens (including phenoxy) is 3. The Kier molecular flexibility index (Phi) is 4.59. The van der Waals surface area contributed by atoms with Gasteiger partial charge in [0, 0.05) is 33.0 Å². The van der Waals surface area contributed by atoms with Crippen molar-refractivity contribution in [2.75, 3.05) is 33.4 Å². The van der Waals surface area contributed by atoms with E-state index in [1.54, 1.807) is 36.5 Å². The number of pyridine rings is 1. The predicted octanol–water partition coefficient (Wildman–Crippen LogP) is 1.26. The highest BCUT2D eigenvalue weighted by atomic mass is 16.6. The Bertz CT molecular complexity index is 502. The van der Waals surface area contributed by atoms with E-state index in [2.05, 4.69) is 4.98 Å². The van der Waals surface area contributed by atoms with Crippen LogP contribution in [-0.4, -0.2) is 60.9 Å². The number of amides is 1. The Morgan fingerprint density at radius 1 is 1.55 bits per heavy atom. The summed E-state index contributed by atoms with van der Waals surface area (Å²) in [5, 5.41) is 0. The zero-order chi connectivity index (χ0) is 15.4. The fourth-order valence-electron chi connectivity index (χ4n) is 3.30. The molecule has 0 N–H and O–H groups in total. The van der Waals surface area contributed by atoms with E-state index in [9.17, 15) is 4.79 Å². The number of aromatic nitrogens is 1. The third-order valence-electron chi connectivity index (χ3n) is 4.55. The van der Waals surface area contributed by atoms with Crippen LogP contribution in [0.3, 0.4) is 0 Å². The smallest absolute Gasteiger partial charge is 0.260 e. The van der Waals surface area contributed by atoms with Gasteiger partial charge in [-0.2, -0.15) is 0 Å². The minimum absolute atomic E-state index is 0.0238. The molecule has 1 spiro atoms. The summed E-state index contributed by atoms with van der Waals surface area (Å²) in [7, 11) is 1.69. The van der Waals surface area contributed by atoms with Gasteiger partial charge >= 0.3 is 0 Å². The molecule has 0 aliphatic carbocycles. The van der Waals surface area contributed by atoms with E-state index >= 15 is 0 Å². The lowest BCUT2D eigenvalue weighted by atomic mass is 9.86. The van der Waals surface area contributed by atoms with Gasteiger partial charge in [0.1, 0.15) is 11.9 Å². The van der Waals surface area contributed by atoms with E-state index in [-0.39, 0.29) is 24.2 Å². The molecule has 2 fully saturated rings. The summed E-state index contributed by atoms with van der Waals surface area (Å²) >= 11 is 0. The second-order valence-electron chi connectivity index (χ2n) is 5.81. The maximum absolute atomic E-state index is 12.3. The Morgan fingerprint density at radius 3 is 3.14 bits per heavy atom. The first-order valence-electron chi connectivity index (χ1n) is 7.71. The largest absolute Gasteiger partial charge is 0.482 e. The van der Waals surface area contributed by atoms with Crippen LogP contribution in [0.5, 0.6) is 5.75 Å². The van der Waals surface area contributed by atoms with Gasteiger partial charge in [-0.3, -0.25) is 9.78 Å². The van der Waals surface area contributed by atoms with Crippen LogP contribution in [0.1, 0.15) is 19.3 Å². The minimum atomic E-state index is -0.199. The van der Waals surface area contributed by atoms with Crippen molar-refractivity contribution in [3.05, 3.63) is 24.5 Å². The molecular weight excluding hydrogens is 284 g/mol. The molecule has 1 amide bonds. The molecule has 6 heteroatoms. The van der Waals surface area contributed by atoms with Crippen molar-refractivity contribution < 1.29 is 19.0 Å². The number of hydrogen-bond donors (Lipinski definition) is 0. The van der Waals surface area contributed by atoms with Gasteiger partial charge in [0.25, 0.3) is 5.91 Å². The third kappa shape index (κ3) is 3.08. The molecule has 6 nitrogen and oxygen atoms in total. The number of nitrogens with zero attached hydrogens (tertiary/aromatic N) is 2. The highest BCUT2D eigenvalue weighted by Gasteiger charge is 2.47. The molecule has 0 bridgehead atoms. The van der Waals surface area contributed by atoms with Gasteiger partial charge in [0.2, 0.25) is 0 Å². The molecule has 1 aromatic rings. The lowest BCUT2D eigenvalue weighted by molar-refractivity contribution is -0.159. The van der Waals surface area contributed by atoms with Gasteiger partial charge in [-0.1, -0.05) is 0 Å². The van der Waals surface area contributed by atoms with Gasteiger partial charge < -0.3 is 19.1 Å². The van der Waals surface area contributed by atoms with E-state index in [4.69, 9.17) is 14.2 Å². The monoisotopic (exact) mass is 306 g/mol. The second-order valence-corrected chi connectivity index (χ2v) is 5.81. The SMILES string of the molecule is CO[C@H]1CN(C(=O)COc2cccnc2)CC[C@@]12CCCO2. The normalized spacial score (nSPS) is 28.0. The average Bonchev–Trinajstić information content (AvgIpc) is 3.03. The third-order valence-corrected chi connectivity index (χ3v) is 4.55. The average molecular weight is 306 g/mol. The minimum Gasteiger partial charge on any atom is -0.482 e. The van der Waals surface area contributed by atoms with Crippen LogP contribution < -0.4 is 4.74 Å². The van der Waals surface area contributed by atoms with Gasteiger partial charge in [0.05, 0.1) is 11.8 Å². The summed E-state index contributed by atoms with van der Waals surface area (Å²) in [6.07, 6.45) is 6.11. The van der Waals surface area contributed by atoms with E-state index in [0.29, 0.717) is 18.8 Å². The Labute approximate surface area is 130 Å². The quantitative estimate of drug-likeness (QED) is 0.838. The zero-order valence-corrected chi connectivity index (χ0v) is 12.9. The predicted molar refractivity (Wildman–Crippen MR) is 79.6 cm³/mol. The molecule has 0 saturated carbocycles. The number of carbonyl (C=O) groups is 1. The highest BCUT2D eigenvalue weighted by molar-refractivity contribution is 5.78. The van der Waals surface area contributed by atoms with E-state index in [0.717, 1.165) is 25.9 Å². The van der Waals surface area contributed by atoms with Crippen molar-refractivity contribution in [3.8, 4) is 5.75 Å². The fourth-order valence-corrected chi connectivity index (χ4v) is 3.30. The summed E-state index contributed by atoms with van der Waals surface area (Å²) in [5.74, 6) is 0.575. The molecule has 3 rings (SSSR count). The van der Waals surface area contributed by atoms with E-state index in [1.165, 1.54) is 0 Å². The van der Waals surface area contributed by atoms with E-state index in [1.807, 2.05) is 0 Å². The molecule has 2 aliphatic rings. The lowest BCUT2D eigenvalue weighted by Gasteiger charge is -2.44. The maximum Gasteiger partial charge on any atom is 0.260 e. The van der Waals surface area contributed by atoms with Crippen LogP contribution in [0, 0.1) is 0 Å². The van der Waals surface area contributed by atoms with Crippen LogP contribution in [0.2, 0.25) is 0 Å². The molecule has 1 aromatic heterocycles. The molecule has 22 heavy (non-hydrogen) atoms. The summed E-state index contributed by atoms with van der Waals surface area (Å²) in [5.41, 5.74) is -0.199. The van der Waals surface area contributed by atoms with Crippen LogP contribution >= 0.6 is 0 Å². The number of methoxy groups -OCH3 is 1. The number of piperidine rings is 1. The first kappa shape index (κ1) is 15.2. The maximum atomic E-state index is 12.3. The Hall–Kier alpha value is -1.66. The molecule has 2 aliphatic heterocycles. The summed E-state index contributed by atoms with van der Waals surface area (Å²) in [6, 6.07) is 3.57. The van der Waals surface area contributed by atoms with Crippen molar-refractivity contribution in [1.29, 1.82) is 0 Å². The molecule has 120 valence electrons. The molecule has 3 heterocycles. The van der Waals surface area contributed by atoms with E-state index < -0.39 is 0 Å². The van der Waals surface area contributed by atoms with Crippen molar-refractivity contribution in [2.24, 2.45) is 0 Å². The molecule has 0 unspecified atom stereocenters.